The highest BCUT2D eigenvalue weighted by atomic mass is 31.1. The lowest BCUT2D eigenvalue weighted by Gasteiger charge is -2.29. The van der Waals surface area contributed by atoms with Crippen LogP contribution in [0.5, 0.6) is 0 Å². The fraction of sp³-hybridized carbons (Fsp3) is 0. The molecule has 0 aromatic heterocycles. The maximum Gasteiger partial charge on any atom is 0.328 e. The molecule has 0 fully saturated rings. The van der Waals surface area contributed by atoms with Gasteiger partial charge in [0.25, 0.3) is 0 Å². The molecule has 0 aliphatic heterocycles. The lowest BCUT2D eigenvalue weighted by atomic mass is 9.91. The van der Waals surface area contributed by atoms with Crippen LogP contribution >= 0.6 is 15.8 Å². The zero-order chi connectivity index (χ0) is 38.4. The lowest BCUT2D eigenvalue weighted by molar-refractivity contribution is -0.132. The predicted molar refractivity (Wildman–Crippen MR) is 238 cm³/mol. The second-order valence-corrected chi connectivity index (χ2v) is 17.5. The average molecular weight is 763 g/mol. The monoisotopic (exact) mass is 762 g/mol. The number of fused-ring (bicyclic) bond motifs is 2. The predicted octanol–water partition coefficient (Wildman–Crippen LogP) is 9.37. The highest BCUT2D eigenvalue weighted by molar-refractivity contribution is 7.80. The first-order chi connectivity index (χ1) is 27.5. The van der Waals surface area contributed by atoms with Gasteiger partial charge in [0.1, 0.15) is 0 Å². The summed E-state index contributed by atoms with van der Waals surface area (Å²) in [6.45, 7) is 0. The first-order valence-corrected chi connectivity index (χ1v) is 20.9. The Balaban J connectivity index is 1.58. The molecule has 0 aliphatic carbocycles. The van der Waals surface area contributed by atoms with E-state index in [1.807, 2.05) is 48.5 Å². The standard InChI is InChI=1S/C50H36O4P2/c51-47(52)33-27-35-15-13-25-43-41(35)29-31-45(55(37-17-5-1-6-18-37)38-19-7-2-8-20-38)49(43)50-44-26-14-16-36(28-34-48(53)54)42(44)30-32-46(50)56(39-21-9-3-10-22-39)40-23-11-4-12-24-40/h1-34H,(H,51,52)(H,53,54)/b33-27+,34-28+. The molecule has 4 nitrogen and oxygen atoms in total. The van der Waals surface area contributed by atoms with Gasteiger partial charge in [-0.15, -0.1) is 0 Å². The first-order valence-electron chi connectivity index (χ1n) is 18.2. The second kappa shape index (κ2) is 16.5. The van der Waals surface area contributed by atoms with E-state index < -0.39 is 27.8 Å². The van der Waals surface area contributed by atoms with Crippen molar-refractivity contribution < 1.29 is 19.8 Å². The molecule has 0 saturated carbocycles. The highest BCUT2D eigenvalue weighted by Crippen LogP contribution is 2.46. The molecule has 270 valence electrons. The molecule has 56 heavy (non-hydrogen) atoms. The Morgan fingerprint density at radius 3 is 0.982 bits per heavy atom. The van der Waals surface area contributed by atoms with Gasteiger partial charge in [0.15, 0.2) is 0 Å². The molecule has 0 heterocycles. The molecule has 0 amide bonds. The maximum atomic E-state index is 11.8. The molecular formula is C50H36O4P2. The molecule has 0 unspecified atom stereocenters. The molecule has 8 aromatic carbocycles. The molecule has 0 saturated heterocycles. The van der Waals surface area contributed by atoms with E-state index in [9.17, 15) is 19.8 Å². The Labute approximate surface area is 328 Å². The molecule has 0 bridgehead atoms. The van der Waals surface area contributed by atoms with Crippen molar-refractivity contribution in [1.82, 2.24) is 0 Å². The quantitative estimate of drug-likeness (QED) is 0.102. The van der Waals surface area contributed by atoms with Gasteiger partial charge in [0.2, 0.25) is 0 Å². The van der Waals surface area contributed by atoms with Crippen molar-refractivity contribution in [3.63, 3.8) is 0 Å². The molecule has 8 aromatic rings. The number of carboxylic acid groups (broad SMARTS) is 2. The topological polar surface area (TPSA) is 74.6 Å². The van der Waals surface area contributed by atoms with Crippen LogP contribution in [0, 0.1) is 0 Å². The van der Waals surface area contributed by atoms with Crippen molar-refractivity contribution >= 4 is 93.3 Å². The number of carbonyl (C=O) groups is 2. The third kappa shape index (κ3) is 7.46. The van der Waals surface area contributed by atoms with Gasteiger partial charge < -0.3 is 10.2 Å². The zero-order valence-electron chi connectivity index (χ0n) is 30.2. The Kier molecular flexibility index (Phi) is 10.8. The summed E-state index contributed by atoms with van der Waals surface area (Å²) < 4.78 is 0. The molecular weight excluding hydrogens is 726 g/mol. The van der Waals surface area contributed by atoms with E-state index in [1.54, 1.807) is 12.2 Å². The molecule has 8 rings (SSSR count). The van der Waals surface area contributed by atoms with Gasteiger partial charge in [-0.05, 0) is 104 Å². The fourth-order valence-electron chi connectivity index (χ4n) is 7.42. The molecule has 6 heteroatoms. The van der Waals surface area contributed by atoms with Crippen LogP contribution in [0.25, 0.3) is 44.8 Å². The van der Waals surface area contributed by atoms with Gasteiger partial charge in [0.05, 0.1) is 0 Å². The van der Waals surface area contributed by atoms with Crippen LogP contribution in [0.1, 0.15) is 11.1 Å². The summed E-state index contributed by atoms with van der Waals surface area (Å²) in [6.07, 6.45) is 5.73. The van der Waals surface area contributed by atoms with Gasteiger partial charge in [-0.1, -0.05) is 182 Å². The van der Waals surface area contributed by atoms with Crippen molar-refractivity contribution in [2.45, 2.75) is 0 Å². The number of rotatable bonds is 11. The fourth-order valence-corrected chi connectivity index (χ4v) is 12.4. The van der Waals surface area contributed by atoms with Crippen LogP contribution in [0.4, 0.5) is 0 Å². The van der Waals surface area contributed by atoms with Gasteiger partial charge in [0, 0.05) is 12.2 Å². The number of benzene rings is 8. The van der Waals surface area contributed by atoms with Crippen molar-refractivity contribution in [1.29, 1.82) is 0 Å². The van der Waals surface area contributed by atoms with Crippen molar-refractivity contribution in [2.75, 3.05) is 0 Å². The minimum absolute atomic E-state index is 0.807. The Morgan fingerprint density at radius 1 is 0.357 bits per heavy atom. The van der Waals surface area contributed by atoms with Crippen LogP contribution in [0.15, 0.2) is 194 Å². The third-order valence-electron chi connectivity index (χ3n) is 9.75. The molecule has 0 radical (unpaired) electrons. The maximum absolute atomic E-state index is 11.8. The van der Waals surface area contributed by atoms with Crippen LogP contribution in [0.3, 0.4) is 0 Å². The third-order valence-corrected chi connectivity index (χ3v) is 14.7. The number of carboxylic acids is 2. The van der Waals surface area contributed by atoms with E-state index in [4.69, 9.17) is 0 Å². The first kappa shape index (κ1) is 36.5. The van der Waals surface area contributed by atoms with Gasteiger partial charge in [-0.25, -0.2) is 9.59 Å². The largest absolute Gasteiger partial charge is 0.478 e. The lowest BCUT2D eigenvalue weighted by Crippen LogP contribution is -2.26. The van der Waals surface area contributed by atoms with Crippen LogP contribution in [0.2, 0.25) is 0 Å². The van der Waals surface area contributed by atoms with Gasteiger partial charge >= 0.3 is 11.9 Å². The van der Waals surface area contributed by atoms with Crippen molar-refractivity contribution in [2.24, 2.45) is 0 Å². The summed E-state index contributed by atoms with van der Waals surface area (Å²) in [6, 6.07) is 63.6. The average Bonchev–Trinajstić information content (AvgIpc) is 3.23. The minimum atomic E-state index is -1.11. The number of aliphatic carboxylic acids is 2. The van der Waals surface area contributed by atoms with E-state index in [2.05, 4.69) is 133 Å². The zero-order valence-corrected chi connectivity index (χ0v) is 32.0. The summed E-state index contributed by atoms with van der Waals surface area (Å²) >= 11 is 0. The number of hydrogen-bond acceptors (Lipinski definition) is 2. The normalized spacial score (nSPS) is 11.7. The Hall–Kier alpha value is -6.44. The second-order valence-electron chi connectivity index (χ2n) is 13.2. The summed E-state index contributed by atoms with van der Waals surface area (Å²) in [7, 11) is -2.21. The molecule has 0 atom stereocenters. The van der Waals surface area contributed by atoms with Crippen LogP contribution < -0.4 is 31.8 Å². The molecule has 2 N–H and O–H groups in total. The van der Waals surface area contributed by atoms with Gasteiger partial charge in [-0.3, -0.25) is 0 Å². The smallest absolute Gasteiger partial charge is 0.328 e. The summed E-state index contributed by atoms with van der Waals surface area (Å²) in [4.78, 5) is 23.6. The van der Waals surface area contributed by atoms with E-state index in [1.165, 1.54) is 44.0 Å². The highest BCUT2D eigenvalue weighted by Gasteiger charge is 2.28. The van der Waals surface area contributed by atoms with Crippen molar-refractivity contribution in [3.8, 4) is 11.1 Å². The van der Waals surface area contributed by atoms with E-state index >= 15 is 0 Å². The Bertz CT molecular complexity index is 2480. The van der Waals surface area contributed by atoms with E-state index in [0.717, 1.165) is 43.8 Å². The SMILES string of the molecule is O=C(O)/C=C/c1cccc2c(-c3c(P(c4ccccc4)c4ccccc4)ccc4c(/C=C/C(=O)O)cccc34)c(P(c3ccccc3)c3ccccc3)ccc12. The number of hydrogen-bond donors (Lipinski definition) is 2. The van der Waals surface area contributed by atoms with Crippen LogP contribution in [-0.4, -0.2) is 22.2 Å². The van der Waals surface area contributed by atoms with Gasteiger partial charge in [-0.2, -0.15) is 0 Å². The van der Waals surface area contributed by atoms with Crippen LogP contribution in [-0.2, 0) is 9.59 Å². The van der Waals surface area contributed by atoms with E-state index in [-0.39, 0.29) is 0 Å². The molecule has 0 aliphatic rings. The Morgan fingerprint density at radius 2 is 0.679 bits per heavy atom. The van der Waals surface area contributed by atoms with Crippen molar-refractivity contribution in [3.05, 3.63) is 205 Å². The summed E-state index contributed by atoms with van der Waals surface area (Å²) in [5.74, 6) is -2.02. The molecule has 0 spiro atoms. The minimum Gasteiger partial charge on any atom is -0.478 e. The van der Waals surface area contributed by atoms with E-state index in [0.29, 0.717) is 0 Å². The summed E-state index contributed by atoms with van der Waals surface area (Å²) in [5, 5.41) is 30.4. The summed E-state index contributed by atoms with van der Waals surface area (Å²) in [5.41, 5.74) is 3.76.